The van der Waals surface area contributed by atoms with Gasteiger partial charge in [0.05, 0.1) is 11.7 Å². The quantitative estimate of drug-likeness (QED) is 0.853. The lowest BCUT2D eigenvalue weighted by atomic mass is 9.82. The van der Waals surface area contributed by atoms with Gasteiger partial charge in [0, 0.05) is 25.1 Å². The second-order valence-corrected chi connectivity index (χ2v) is 7.20. The number of nitrogens with zero attached hydrogens (tertiary/aromatic N) is 3. The molecule has 0 bridgehead atoms. The lowest BCUT2D eigenvalue weighted by Crippen LogP contribution is -2.55. The number of hydrogen-bond acceptors (Lipinski definition) is 6. The minimum Gasteiger partial charge on any atom is -0.407 e. The smallest absolute Gasteiger partial charge is 0.318 e. The van der Waals surface area contributed by atoms with Crippen LogP contribution in [0, 0.1) is 0 Å². The summed E-state index contributed by atoms with van der Waals surface area (Å²) in [5.41, 5.74) is -0.493. The summed E-state index contributed by atoms with van der Waals surface area (Å²) in [6.45, 7) is 8.49. The van der Waals surface area contributed by atoms with E-state index < -0.39 is 0 Å². The van der Waals surface area contributed by atoms with E-state index in [0.29, 0.717) is 11.9 Å². The average Bonchev–Trinajstić information content (AvgIpc) is 2.93. The third-order valence-electron chi connectivity index (χ3n) is 4.55. The van der Waals surface area contributed by atoms with Crippen LogP contribution in [0.2, 0.25) is 0 Å². The van der Waals surface area contributed by atoms with Crippen molar-refractivity contribution < 1.29 is 14.3 Å². The molecule has 3 heterocycles. The van der Waals surface area contributed by atoms with E-state index in [-0.39, 0.29) is 17.1 Å². The van der Waals surface area contributed by atoms with Gasteiger partial charge in [0.1, 0.15) is 0 Å². The van der Waals surface area contributed by atoms with E-state index in [4.69, 9.17) is 9.15 Å². The van der Waals surface area contributed by atoms with Crippen molar-refractivity contribution in [2.24, 2.45) is 0 Å². The van der Waals surface area contributed by atoms with E-state index in [1.807, 2.05) is 0 Å². The molecular weight excluding hydrogens is 270 g/mol. The average molecular weight is 295 g/mol. The molecule has 0 amide bonds. The van der Waals surface area contributed by atoms with Crippen LogP contribution in [0.4, 0.5) is 6.01 Å². The fourth-order valence-electron chi connectivity index (χ4n) is 3.11. The lowest BCUT2D eigenvalue weighted by molar-refractivity contribution is -0.164. The van der Waals surface area contributed by atoms with Gasteiger partial charge in [-0.2, -0.15) is 0 Å². The SMILES string of the molecule is CC(C)(C)c1nnc(N2CCC3(CC2)OCCC[C@H]3O)o1. The molecule has 1 spiro atoms. The number of aromatic nitrogens is 2. The van der Waals surface area contributed by atoms with Crippen LogP contribution in [0.15, 0.2) is 4.42 Å². The van der Waals surface area contributed by atoms with Crippen LogP contribution in [0.3, 0.4) is 0 Å². The molecule has 0 aromatic carbocycles. The van der Waals surface area contributed by atoms with Crippen LogP contribution in [-0.2, 0) is 10.2 Å². The van der Waals surface area contributed by atoms with Crippen molar-refractivity contribution in [2.45, 2.75) is 63.6 Å². The van der Waals surface area contributed by atoms with Gasteiger partial charge in [-0.1, -0.05) is 25.9 Å². The first-order chi connectivity index (χ1) is 9.91. The fraction of sp³-hybridized carbons (Fsp3) is 0.867. The molecule has 0 saturated carbocycles. The number of piperidine rings is 1. The number of aliphatic hydroxyl groups excluding tert-OH is 1. The van der Waals surface area contributed by atoms with Crippen molar-refractivity contribution in [3.63, 3.8) is 0 Å². The Bertz CT molecular complexity index is 487. The monoisotopic (exact) mass is 295 g/mol. The summed E-state index contributed by atoms with van der Waals surface area (Å²) in [5, 5.41) is 18.6. The largest absolute Gasteiger partial charge is 0.407 e. The highest BCUT2D eigenvalue weighted by Gasteiger charge is 2.44. The Balaban J connectivity index is 1.67. The minimum atomic E-state index is -0.359. The Morgan fingerprint density at radius 2 is 1.95 bits per heavy atom. The summed E-state index contributed by atoms with van der Waals surface area (Å²) in [5.74, 6) is 0.659. The van der Waals surface area contributed by atoms with E-state index >= 15 is 0 Å². The normalized spacial score (nSPS) is 26.3. The highest BCUT2D eigenvalue weighted by atomic mass is 16.5. The highest BCUT2D eigenvalue weighted by molar-refractivity contribution is 5.27. The third kappa shape index (κ3) is 2.79. The molecule has 6 nitrogen and oxygen atoms in total. The molecule has 1 aromatic rings. The second kappa shape index (κ2) is 5.25. The first kappa shape index (κ1) is 14.8. The van der Waals surface area contributed by atoms with Crippen molar-refractivity contribution in [1.82, 2.24) is 10.2 Å². The van der Waals surface area contributed by atoms with Crippen LogP contribution in [-0.4, -0.2) is 46.7 Å². The maximum Gasteiger partial charge on any atom is 0.318 e. The van der Waals surface area contributed by atoms with Crippen LogP contribution in [0.25, 0.3) is 0 Å². The summed E-state index contributed by atoms with van der Waals surface area (Å²) in [6, 6.07) is 0.583. The number of anilines is 1. The Morgan fingerprint density at radius 1 is 1.24 bits per heavy atom. The topological polar surface area (TPSA) is 71.6 Å². The maximum atomic E-state index is 10.3. The minimum absolute atomic E-state index is 0.134. The molecule has 2 fully saturated rings. The molecule has 1 N–H and O–H groups in total. The van der Waals surface area contributed by atoms with Gasteiger partial charge in [0.25, 0.3) is 0 Å². The zero-order valence-electron chi connectivity index (χ0n) is 13.1. The zero-order chi connectivity index (χ0) is 15.1. The number of aliphatic hydroxyl groups is 1. The van der Waals surface area contributed by atoms with E-state index in [1.54, 1.807) is 0 Å². The first-order valence-electron chi connectivity index (χ1n) is 7.82. The van der Waals surface area contributed by atoms with E-state index in [0.717, 1.165) is 45.4 Å². The van der Waals surface area contributed by atoms with Crippen molar-refractivity contribution in [3.8, 4) is 0 Å². The molecule has 2 aliphatic heterocycles. The van der Waals surface area contributed by atoms with Gasteiger partial charge < -0.3 is 19.2 Å². The van der Waals surface area contributed by atoms with Crippen LogP contribution in [0.5, 0.6) is 0 Å². The van der Waals surface area contributed by atoms with E-state index in [1.165, 1.54) is 0 Å². The molecular formula is C15H25N3O3. The van der Waals surface area contributed by atoms with Gasteiger partial charge in [-0.3, -0.25) is 0 Å². The molecule has 3 rings (SSSR count). The Hall–Kier alpha value is -1.14. The van der Waals surface area contributed by atoms with Gasteiger partial charge in [-0.05, 0) is 25.7 Å². The van der Waals surface area contributed by atoms with Crippen molar-refractivity contribution in [3.05, 3.63) is 5.89 Å². The molecule has 6 heteroatoms. The molecule has 0 radical (unpaired) electrons. The Morgan fingerprint density at radius 3 is 2.52 bits per heavy atom. The molecule has 0 unspecified atom stereocenters. The predicted molar refractivity (Wildman–Crippen MR) is 78.4 cm³/mol. The fourth-order valence-corrected chi connectivity index (χ4v) is 3.11. The standard InChI is InChI=1S/C15H25N3O3/c1-14(2,3)12-16-17-13(21-12)18-8-6-15(7-9-18)11(19)5-4-10-20-15/h11,19H,4-10H2,1-3H3/t11-/m1/s1. The van der Waals surface area contributed by atoms with Gasteiger partial charge in [-0.25, -0.2) is 0 Å². The van der Waals surface area contributed by atoms with Crippen LogP contribution < -0.4 is 4.90 Å². The van der Waals surface area contributed by atoms with Crippen molar-refractivity contribution in [2.75, 3.05) is 24.6 Å². The summed E-state index contributed by atoms with van der Waals surface area (Å²) < 4.78 is 11.7. The predicted octanol–water partition coefficient (Wildman–Crippen LogP) is 1.88. The van der Waals surface area contributed by atoms with Crippen LogP contribution >= 0.6 is 0 Å². The molecule has 21 heavy (non-hydrogen) atoms. The van der Waals surface area contributed by atoms with Gasteiger partial charge in [0.2, 0.25) is 5.89 Å². The molecule has 118 valence electrons. The van der Waals surface area contributed by atoms with Gasteiger partial charge in [0.15, 0.2) is 0 Å². The maximum absolute atomic E-state index is 10.3. The van der Waals surface area contributed by atoms with Crippen LogP contribution in [0.1, 0.15) is 52.3 Å². The highest BCUT2D eigenvalue weighted by Crippen LogP contribution is 2.36. The molecule has 1 aromatic heterocycles. The first-order valence-corrected chi connectivity index (χ1v) is 7.82. The number of rotatable bonds is 1. The van der Waals surface area contributed by atoms with E-state index in [2.05, 4.69) is 35.9 Å². The van der Waals surface area contributed by atoms with E-state index in [9.17, 15) is 5.11 Å². The second-order valence-electron chi connectivity index (χ2n) is 7.20. The number of ether oxygens (including phenoxy) is 1. The third-order valence-corrected chi connectivity index (χ3v) is 4.55. The van der Waals surface area contributed by atoms with Gasteiger partial charge >= 0.3 is 6.01 Å². The zero-order valence-corrected chi connectivity index (χ0v) is 13.1. The number of hydrogen-bond donors (Lipinski definition) is 1. The summed E-state index contributed by atoms with van der Waals surface area (Å²) in [6.07, 6.45) is 3.06. The molecule has 0 aliphatic carbocycles. The van der Waals surface area contributed by atoms with Gasteiger partial charge in [-0.15, -0.1) is 5.10 Å². The summed E-state index contributed by atoms with van der Waals surface area (Å²) in [4.78, 5) is 2.10. The Kier molecular flexibility index (Phi) is 3.69. The lowest BCUT2D eigenvalue weighted by Gasteiger charge is -2.46. The van der Waals surface area contributed by atoms with Crippen molar-refractivity contribution >= 4 is 6.01 Å². The Labute approximate surface area is 125 Å². The summed E-state index contributed by atoms with van der Waals surface area (Å²) in [7, 11) is 0. The van der Waals surface area contributed by atoms with Crippen molar-refractivity contribution in [1.29, 1.82) is 0 Å². The molecule has 2 saturated heterocycles. The molecule has 1 atom stereocenters. The molecule has 2 aliphatic rings. The summed E-state index contributed by atoms with van der Waals surface area (Å²) >= 11 is 0.